The van der Waals surface area contributed by atoms with E-state index in [1.807, 2.05) is 0 Å². The molecule has 0 amide bonds. The van der Waals surface area contributed by atoms with Gasteiger partial charge in [0.2, 0.25) is 0 Å². The van der Waals surface area contributed by atoms with Crippen LogP contribution in [0, 0.1) is 6.92 Å². The summed E-state index contributed by atoms with van der Waals surface area (Å²) in [6.45, 7) is 6.05. The zero-order chi connectivity index (χ0) is 8.39. The Morgan fingerprint density at radius 1 is 1.33 bits per heavy atom. The number of nitrogens with zero attached hydrogens (tertiary/aromatic N) is 1. The highest BCUT2D eigenvalue weighted by Crippen LogP contribution is 2.31. The Balaban J connectivity index is 2.11. The first-order chi connectivity index (χ1) is 5.92. The van der Waals surface area contributed by atoms with E-state index in [4.69, 9.17) is 0 Å². The monoisotopic (exact) mass is 160 g/mol. The SMILES string of the molecule is [CH2]CN1CCC1c1ccccc1. The summed E-state index contributed by atoms with van der Waals surface area (Å²) in [7, 11) is 0. The fourth-order valence-electron chi connectivity index (χ4n) is 1.76. The third-order valence-corrected chi connectivity index (χ3v) is 2.60. The second kappa shape index (κ2) is 3.28. The Labute approximate surface area is 74.0 Å². The molecule has 0 bridgehead atoms. The average Bonchev–Trinajstić information content (AvgIpc) is 2.05. The molecule has 0 spiro atoms. The van der Waals surface area contributed by atoms with Gasteiger partial charge in [-0.15, -0.1) is 0 Å². The number of rotatable bonds is 2. The van der Waals surface area contributed by atoms with E-state index in [1.165, 1.54) is 18.5 Å². The Morgan fingerprint density at radius 2 is 2.08 bits per heavy atom. The quantitative estimate of drug-likeness (QED) is 0.641. The van der Waals surface area contributed by atoms with E-state index >= 15 is 0 Å². The molecule has 1 aliphatic rings. The zero-order valence-corrected chi connectivity index (χ0v) is 7.24. The van der Waals surface area contributed by atoms with Gasteiger partial charge in [0.1, 0.15) is 0 Å². The first-order valence-corrected chi connectivity index (χ1v) is 4.50. The van der Waals surface area contributed by atoms with Crippen LogP contribution in [0.25, 0.3) is 0 Å². The summed E-state index contributed by atoms with van der Waals surface area (Å²) in [6.07, 6.45) is 1.29. The van der Waals surface area contributed by atoms with Crippen LogP contribution in [0.15, 0.2) is 30.3 Å². The third-order valence-electron chi connectivity index (χ3n) is 2.60. The first-order valence-electron chi connectivity index (χ1n) is 4.50. The van der Waals surface area contributed by atoms with Crippen LogP contribution in [0.4, 0.5) is 0 Å². The van der Waals surface area contributed by atoms with Crippen LogP contribution >= 0.6 is 0 Å². The van der Waals surface area contributed by atoms with Gasteiger partial charge in [-0.1, -0.05) is 30.3 Å². The average molecular weight is 160 g/mol. The summed E-state index contributed by atoms with van der Waals surface area (Å²) in [4.78, 5) is 2.40. The van der Waals surface area contributed by atoms with Gasteiger partial charge in [-0.25, -0.2) is 0 Å². The van der Waals surface area contributed by atoms with Crippen molar-refractivity contribution in [1.82, 2.24) is 4.90 Å². The van der Waals surface area contributed by atoms with E-state index in [2.05, 4.69) is 42.2 Å². The van der Waals surface area contributed by atoms with Crippen molar-refractivity contribution in [3.8, 4) is 0 Å². The maximum Gasteiger partial charge on any atom is 0.0360 e. The predicted molar refractivity (Wildman–Crippen MR) is 50.7 cm³/mol. The Kier molecular flexibility index (Phi) is 2.13. The highest BCUT2D eigenvalue weighted by Gasteiger charge is 2.26. The van der Waals surface area contributed by atoms with E-state index in [0.717, 1.165) is 6.54 Å². The van der Waals surface area contributed by atoms with Crippen LogP contribution in [0.5, 0.6) is 0 Å². The van der Waals surface area contributed by atoms with E-state index in [9.17, 15) is 0 Å². The molecule has 12 heavy (non-hydrogen) atoms. The molecular weight excluding hydrogens is 146 g/mol. The highest BCUT2D eigenvalue weighted by molar-refractivity contribution is 5.20. The van der Waals surface area contributed by atoms with Gasteiger partial charge in [0.05, 0.1) is 0 Å². The van der Waals surface area contributed by atoms with Crippen LogP contribution in [-0.4, -0.2) is 18.0 Å². The minimum absolute atomic E-state index is 0.642. The van der Waals surface area contributed by atoms with Crippen LogP contribution in [0.3, 0.4) is 0 Å². The van der Waals surface area contributed by atoms with Gasteiger partial charge in [-0.3, -0.25) is 4.90 Å². The van der Waals surface area contributed by atoms with E-state index in [1.54, 1.807) is 0 Å². The van der Waals surface area contributed by atoms with E-state index in [0.29, 0.717) is 6.04 Å². The van der Waals surface area contributed by atoms with Crippen LogP contribution in [0.1, 0.15) is 18.0 Å². The summed E-state index contributed by atoms with van der Waals surface area (Å²) in [5.41, 5.74) is 1.44. The Hall–Kier alpha value is -0.820. The van der Waals surface area contributed by atoms with Crippen molar-refractivity contribution < 1.29 is 0 Å². The summed E-state index contributed by atoms with van der Waals surface area (Å²) >= 11 is 0. The summed E-state index contributed by atoms with van der Waals surface area (Å²) in [6, 6.07) is 11.3. The molecule has 1 saturated heterocycles. The molecule has 1 heterocycles. The highest BCUT2D eigenvalue weighted by atomic mass is 15.2. The number of hydrogen-bond donors (Lipinski definition) is 0. The van der Waals surface area contributed by atoms with Gasteiger partial charge in [0.25, 0.3) is 0 Å². The minimum Gasteiger partial charge on any atom is -0.296 e. The molecule has 1 aromatic rings. The van der Waals surface area contributed by atoms with Crippen molar-refractivity contribution in [1.29, 1.82) is 0 Å². The maximum atomic E-state index is 3.91. The standard InChI is InChI=1S/C11H14N/c1-2-12-9-8-11(12)10-6-4-3-5-7-10/h3-7,11H,1-2,8-9H2. The van der Waals surface area contributed by atoms with Gasteiger partial charge < -0.3 is 0 Å². The van der Waals surface area contributed by atoms with Gasteiger partial charge >= 0.3 is 0 Å². The molecule has 2 rings (SSSR count). The largest absolute Gasteiger partial charge is 0.296 e. The lowest BCUT2D eigenvalue weighted by molar-refractivity contribution is 0.106. The molecular formula is C11H14N. The van der Waals surface area contributed by atoms with Crippen molar-refractivity contribution in [3.05, 3.63) is 42.8 Å². The van der Waals surface area contributed by atoms with Crippen LogP contribution in [0.2, 0.25) is 0 Å². The Bertz CT molecular complexity index is 240. The first kappa shape index (κ1) is 7.81. The second-order valence-corrected chi connectivity index (χ2v) is 3.25. The van der Waals surface area contributed by atoms with Crippen molar-refractivity contribution >= 4 is 0 Å². The molecule has 0 aromatic heterocycles. The lowest BCUT2D eigenvalue weighted by atomic mass is 9.95. The summed E-state index contributed by atoms with van der Waals surface area (Å²) < 4.78 is 0. The van der Waals surface area contributed by atoms with E-state index < -0.39 is 0 Å². The normalized spacial score (nSPS) is 23.6. The molecule has 63 valence electrons. The van der Waals surface area contributed by atoms with Crippen LogP contribution in [-0.2, 0) is 0 Å². The van der Waals surface area contributed by atoms with Crippen molar-refractivity contribution in [3.63, 3.8) is 0 Å². The molecule has 0 N–H and O–H groups in total. The van der Waals surface area contributed by atoms with Gasteiger partial charge in [0, 0.05) is 12.6 Å². The van der Waals surface area contributed by atoms with Gasteiger partial charge in [-0.2, -0.15) is 0 Å². The van der Waals surface area contributed by atoms with Crippen molar-refractivity contribution in [2.45, 2.75) is 12.5 Å². The lowest BCUT2D eigenvalue weighted by Crippen LogP contribution is -2.40. The minimum atomic E-state index is 0.642. The number of likely N-dealkylation sites (tertiary alicyclic amines) is 1. The Morgan fingerprint density at radius 3 is 2.58 bits per heavy atom. The molecule has 1 unspecified atom stereocenters. The van der Waals surface area contributed by atoms with Gasteiger partial charge in [-0.05, 0) is 25.5 Å². The van der Waals surface area contributed by atoms with Crippen molar-refractivity contribution in [2.24, 2.45) is 0 Å². The summed E-state index contributed by atoms with van der Waals surface area (Å²) in [5.74, 6) is 0. The number of hydrogen-bond acceptors (Lipinski definition) is 1. The molecule has 1 atom stereocenters. The van der Waals surface area contributed by atoms with Gasteiger partial charge in [0.15, 0.2) is 0 Å². The number of benzene rings is 1. The molecule has 1 fully saturated rings. The smallest absolute Gasteiger partial charge is 0.0360 e. The predicted octanol–water partition coefficient (Wildman–Crippen LogP) is 2.27. The molecule has 1 nitrogen and oxygen atoms in total. The fraction of sp³-hybridized carbons (Fsp3) is 0.364. The maximum absolute atomic E-state index is 3.91. The van der Waals surface area contributed by atoms with E-state index in [-0.39, 0.29) is 0 Å². The molecule has 1 aromatic carbocycles. The molecule has 1 aliphatic heterocycles. The molecule has 0 aliphatic carbocycles. The third kappa shape index (κ3) is 1.25. The van der Waals surface area contributed by atoms with Crippen LogP contribution < -0.4 is 0 Å². The summed E-state index contributed by atoms with van der Waals surface area (Å²) in [5, 5.41) is 0. The topological polar surface area (TPSA) is 3.24 Å². The fourth-order valence-corrected chi connectivity index (χ4v) is 1.76. The lowest BCUT2D eigenvalue weighted by Gasteiger charge is -2.40. The molecule has 1 radical (unpaired) electrons. The molecule has 1 heteroatoms. The van der Waals surface area contributed by atoms with Crippen molar-refractivity contribution in [2.75, 3.05) is 13.1 Å². The second-order valence-electron chi connectivity index (χ2n) is 3.25. The zero-order valence-electron chi connectivity index (χ0n) is 7.24. The molecule has 0 saturated carbocycles.